The van der Waals surface area contributed by atoms with E-state index in [1.165, 1.54) is 33.6 Å². The molecular weight excluding hydrogens is 1010 g/mol. The maximum absolute atomic E-state index is 11.1. The fourth-order valence-corrected chi connectivity index (χ4v) is 7.89. The van der Waals surface area contributed by atoms with Crippen molar-refractivity contribution in [3.63, 3.8) is 0 Å². The van der Waals surface area contributed by atoms with E-state index < -0.39 is 11.9 Å². The molecule has 396 valence electrons. The Hall–Kier alpha value is 0.960. The second kappa shape index (κ2) is 33.9. The van der Waals surface area contributed by atoms with Crippen LogP contribution in [-0.2, 0) is 24.0 Å². The van der Waals surface area contributed by atoms with Crippen LogP contribution in [0.25, 0.3) is 10.6 Å². The van der Waals surface area contributed by atoms with Crippen LogP contribution in [0.3, 0.4) is 0 Å². The quantitative estimate of drug-likeness (QED) is 0.315. The summed E-state index contributed by atoms with van der Waals surface area (Å²) in [6.45, 7) is 53.5. The van der Waals surface area contributed by atoms with Gasteiger partial charge in [-0.1, -0.05) is 129 Å². The van der Waals surface area contributed by atoms with E-state index in [9.17, 15) is 24.0 Å². The van der Waals surface area contributed by atoms with E-state index in [2.05, 4.69) is 125 Å². The summed E-state index contributed by atoms with van der Waals surface area (Å²) < 4.78 is 14.7. The smallest absolute Gasteiger partial charge is 0.665 e. The minimum atomic E-state index is -1.40. The SMILES string of the molecule is CC.CC(=O)N1CC2(CN(CC(C)(C)C)C2)C1.CC(=O)NC(=O)C(C)(C)C.CC(C)(C)CN1CC2(CCC(=O)N2)C1.CC(C)(C)NCC1CCC(=O)N1.C[N-]CC(C)(C)C.[2H]C([2H])([N-]C)C(C)(C)C.[Rb+].[Rb+]. The van der Waals surface area contributed by atoms with Crippen molar-refractivity contribution in [2.75, 3.05) is 86.0 Å². The second-order valence-electron chi connectivity index (χ2n) is 25.9. The zero-order valence-electron chi connectivity index (χ0n) is 51.8. The molecule has 0 bridgehead atoms. The maximum Gasteiger partial charge on any atom is 1.00 e. The molecular formula is C53H107N9O5Rb2. The van der Waals surface area contributed by atoms with Crippen LogP contribution in [0, 0.1) is 32.5 Å². The Balaban J connectivity index is -0.000000381. The first-order valence-corrected chi connectivity index (χ1v) is 24.9. The third kappa shape index (κ3) is 39.1. The molecule has 5 rings (SSSR count). The molecule has 1 unspecified atom stereocenters. The van der Waals surface area contributed by atoms with Crippen LogP contribution in [0.15, 0.2) is 0 Å². The average molecular weight is 1120 g/mol. The van der Waals surface area contributed by atoms with Gasteiger partial charge in [-0.05, 0) is 44.4 Å². The summed E-state index contributed by atoms with van der Waals surface area (Å²) in [4.78, 5) is 61.2. The normalized spacial score (nSPS) is 19.7. The van der Waals surface area contributed by atoms with Crippen LogP contribution >= 0.6 is 0 Å². The van der Waals surface area contributed by atoms with Gasteiger partial charge in [0.05, 0.1) is 5.54 Å². The first-order valence-electron chi connectivity index (χ1n) is 25.9. The molecule has 5 fully saturated rings. The molecule has 0 aromatic heterocycles. The molecule has 2 spiro atoms. The summed E-state index contributed by atoms with van der Waals surface area (Å²) in [6.07, 6.45) is 3.42. The largest absolute Gasteiger partial charge is 1.00 e. The van der Waals surface area contributed by atoms with Crippen molar-refractivity contribution in [3.05, 3.63) is 10.6 Å². The van der Waals surface area contributed by atoms with E-state index >= 15 is 0 Å². The molecule has 5 saturated heterocycles. The minimum Gasteiger partial charge on any atom is -0.665 e. The molecule has 4 N–H and O–H groups in total. The van der Waals surface area contributed by atoms with Crippen LogP contribution in [-0.4, -0.2) is 147 Å². The number of carbonyl (C=O) groups is 5. The molecule has 0 saturated carbocycles. The molecule has 5 amide bonds. The monoisotopic (exact) mass is 1120 g/mol. The maximum atomic E-state index is 11.1. The molecule has 14 nitrogen and oxygen atoms in total. The van der Waals surface area contributed by atoms with Gasteiger partial charge in [-0.25, -0.2) is 0 Å². The Morgan fingerprint density at radius 2 is 1.14 bits per heavy atom. The summed E-state index contributed by atoms with van der Waals surface area (Å²) in [6, 6.07) is 0.344. The molecule has 0 aromatic carbocycles. The molecule has 0 aliphatic carbocycles. The van der Waals surface area contributed by atoms with Crippen molar-refractivity contribution in [1.82, 2.24) is 36.0 Å². The Kier molecular flexibility index (Phi) is 35.4. The van der Waals surface area contributed by atoms with Gasteiger partial charge >= 0.3 is 116 Å². The van der Waals surface area contributed by atoms with Crippen LogP contribution in [0.2, 0.25) is 0 Å². The Morgan fingerprint density at radius 3 is 1.39 bits per heavy atom. The van der Waals surface area contributed by atoms with E-state index in [4.69, 9.17) is 2.74 Å². The number of amides is 5. The van der Waals surface area contributed by atoms with E-state index in [1.54, 1.807) is 27.7 Å². The predicted octanol–water partition coefficient (Wildman–Crippen LogP) is 2.65. The van der Waals surface area contributed by atoms with Gasteiger partial charge in [-0.2, -0.15) is 14.1 Å². The molecule has 16 heteroatoms. The van der Waals surface area contributed by atoms with Gasteiger partial charge in [0.1, 0.15) is 0 Å². The van der Waals surface area contributed by atoms with Crippen LogP contribution in [0.5, 0.6) is 0 Å². The van der Waals surface area contributed by atoms with Gasteiger partial charge in [0.25, 0.3) is 0 Å². The fourth-order valence-electron chi connectivity index (χ4n) is 7.89. The van der Waals surface area contributed by atoms with Gasteiger partial charge in [-0.15, -0.1) is 13.0 Å². The number of hydrogen-bond donors (Lipinski definition) is 4. The van der Waals surface area contributed by atoms with Crippen molar-refractivity contribution in [2.24, 2.45) is 32.5 Å². The third-order valence-electron chi connectivity index (χ3n) is 10.3. The molecule has 0 aromatic rings. The van der Waals surface area contributed by atoms with Crippen molar-refractivity contribution in [3.8, 4) is 0 Å². The Bertz CT molecular complexity index is 1570. The fraction of sp³-hybridized carbons (Fsp3) is 0.906. The number of nitrogens with zero attached hydrogens (tertiary/aromatic N) is 5. The molecule has 69 heavy (non-hydrogen) atoms. The Labute approximate surface area is 526 Å². The molecule has 1 atom stereocenters. The van der Waals surface area contributed by atoms with E-state index in [-0.39, 0.29) is 162 Å². The molecule has 5 aliphatic heterocycles. The van der Waals surface area contributed by atoms with Gasteiger partial charge in [0, 0.05) is 111 Å². The standard InChI is InChI=1S/C12H22N2O.C11H20N2O.C9H18N2O.C7H13NO2.2C6H14N.C2H6.2Rb/c1-10(15)14-8-12(9-14)6-13(7-12)5-11(2,3)4;1-10(2,3)6-13-7-11(8-13)5-4-9(14)12-11;1-9(2,3)10-6-7-4-5-8(12)11-7;1-5(9)8-6(10)7(2,3)4;2*1-6(2,3)5-7-4;1-2;;/h5-9H2,1-4H3;4-8H2,1-3H3,(H,12,14);7,10H,4-6H2,1-3H3,(H,11,12);1-4H3,(H,8,9,10);2*5H2,1-4H3;1-2H3;;/q;;;;2*-1;;2*+1/i;;;;5D2;;;;. The number of nitrogens with one attached hydrogen (secondary N) is 4. The number of rotatable bonds is 6. The summed E-state index contributed by atoms with van der Waals surface area (Å²) in [5.41, 5.74) is 1.05. The van der Waals surface area contributed by atoms with Crippen LogP contribution in [0.1, 0.15) is 181 Å². The second-order valence-corrected chi connectivity index (χ2v) is 25.9. The molecule has 5 heterocycles. The van der Waals surface area contributed by atoms with E-state index in [0.717, 1.165) is 65.1 Å². The van der Waals surface area contributed by atoms with Gasteiger partial charge in [0.2, 0.25) is 29.5 Å². The zero-order chi connectivity index (χ0) is 54.8. The van der Waals surface area contributed by atoms with Gasteiger partial charge in [-0.3, -0.25) is 34.2 Å². The van der Waals surface area contributed by atoms with Crippen LogP contribution in [0.4, 0.5) is 0 Å². The third-order valence-corrected chi connectivity index (χ3v) is 10.3. The van der Waals surface area contributed by atoms with Crippen molar-refractivity contribution < 1.29 is 143 Å². The number of hydrogen-bond acceptors (Lipinski definition) is 8. The van der Waals surface area contributed by atoms with Crippen molar-refractivity contribution in [1.29, 1.82) is 0 Å². The first kappa shape index (κ1) is 72.0. The Morgan fingerprint density at radius 1 is 0.681 bits per heavy atom. The number of likely N-dealkylation sites (tertiary alicyclic amines) is 3. The van der Waals surface area contributed by atoms with Gasteiger partial charge < -0.3 is 36.4 Å². The summed E-state index contributed by atoms with van der Waals surface area (Å²) >= 11 is 0. The van der Waals surface area contributed by atoms with Gasteiger partial charge in [0.15, 0.2) is 0 Å². The number of imide groups is 1. The predicted molar refractivity (Wildman–Crippen MR) is 282 cm³/mol. The average Bonchev–Trinajstić information content (AvgIpc) is 3.71. The first-order chi connectivity index (χ1) is 30.9. The molecule has 0 radical (unpaired) electrons. The topological polar surface area (TPSA) is 171 Å². The van der Waals surface area contributed by atoms with Crippen molar-refractivity contribution in [2.45, 2.75) is 195 Å². The zero-order valence-corrected chi connectivity index (χ0v) is 59.6. The summed E-state index contributed by atoms with van der Waals surface area (Å²) in [5, 5.41) is 19.2. The minimum absolute atomic E-state index is 0. The van der Waals surface area contributed by atoms with Crippen molar-refractivity contribution >= 4 is 29.5 Å². The molecule has 5 aliphatic rings. The van der Waals surface area contributed by atoms with E-state index in [1.807, 2.05) is 46.6 Å². The summed E-state index contributed by atoms with van der Waals surface area (Å²) in [7, 11) is 3.36. The van der Waals surface area contributed by atoms with E-state index in [0.29, 0.717) is 34.1 Å². The summed E-state index contributed by atoms with van der Waals surface area (Å²) in [5.74, 6) is 0.117. The van der Waals surface area contributed by atoms with Crippen LogP contribution < -0.4 is 138 Å². The number of carbonyl (C=O) groups excluding carboxylic acids is 5.